The molecule has 0 saturated heterocycles. The molecule has 0 bridgehead atoms. The van der Waals surface area contributed by atoms with Crippen molar-refractivity contribution in [1.29, 1.82) is 0 Å². The van der Waals surface area contributed by atoms with E-state index < -0.39 is 5.60 Å². The predicted octanol–water partition coefficient (Wildman–Crippen LogP) is 3.99. The third-order valence-corrected chi connectivity index (χ3v) is 4.05. The van der Waals surface area contributed by atoms with Crippen LogP contribution in [-0.4, -0.2) is 32.9 Å². The number of amides is 1. The van der Waals surface area contributed by atoms with E-state index in [0.29, 0.717) is 13.1 Å². The molecule has 6 heteroatoms. The minimum absolute atomic E-state index is 0.0150. The van der Waals surface area contributed by atoms with Crippen molar-refractivity contribution in [2.75, 3.05) is 6.54 Å². The van der Waals surface area contributed by atoms with Gasteiger partial charge in [-0.1, -0.05) is 30.3 Å². The van der Waals surface area contributed by atoms with Crippen LogP contribution in [0.2, 0.25) is 0 Å². The number of halogens is 1. The molecule has 1 atom stereocenters. The molecule has 1 unspecified atom stereocenters. The molecule has 23 heavy (non-hydrogen) atoms. The number of fused-ring (bicyclic) bond motifs is 1. The fourth-order valence-electron chi connectivity index (χ4n) is 2.72. The fraction of sp³-hybridized carbons (Fsp3) is 0.412. The van der Waals surface area contributed by atoms with Crippen LogP contribution in [0.3, 0.4) is 0 Å². The highest BCUT2D eigenvalue weighted by Crippen LogP contribution is 2.29. The molecule has 3 rings (SSSR count). The summed E-state index contributed by atoms with van der Waals surface area (Å²) in [6.45, 7) is 6.68. The zero-order valence-electron chi connectivity index (χ0n) is 13.5. The van der Waals surface area contributed by atoms with Crippen molar-refractivity contribution in [2.45, 2.75) is 39.0 Å². The van der Waals surface area contributed by atoms with Crippen LogP contribution < -0.4 is 0 Å². The molecular formula is C17H20BrN3O2. The molecule has 0 radical (unpaired) electrons. The second-order valence-electron chi connectivity index (χ2n) is 6.69. The first kappa shape index (κ1) is 16.1. The fourth-order valence-corrected chi connectivity index (χ4v) is 3.16. The quantitative estimate of drug-likeness (QED) is 0.754. The summed E-state index contributed by atoms with van der Waals surface area (Å²) in [4.78, 5) is 14.2. The molecular weight excluding hydrogens is 358 g/mol. The Morgan fingerprint density at radius 3 is 2.65 bits per heavy atom. The van der Waals surface area contributed by atoms with Gasteiger partial charge in [0.1, 0.15) is 10.2 Å². The molecule has 122 valence electrons. The van der Waals surface area contributed by atoms with Crippen molar-refractivity contribution < 1.29 is 9.53 Å². The number of nitrogens with zero attached hydrogens (tertiary/aromatic N) is 3. The van der Waals surface area contributed by atoms with E-state index in [1.807, 2.05) is 49.7 Å². The summed E-state index contributed by atoms with van der Waals surface area (Å²) in [5.41, 5.74) is 1.61. The van der Waals surface area contributed by atoms with E-state index in [0.717, 1.165) is 15.9 Å². The van der Waals surface area contributed by atoms with Crippen LogP contribution in [-0.2, 0) is 11.3 Å². The van der Waals surface area contributed by atoms with Crippen LogP contribution in [0.25, 0.3) is 0 Å². The van der Waals surface area contributed by atoms with E-state index in [-0.39, 0.29) is 12.1 Å². The van der Waals surface area contributed by atoms with Gasteiger partial charge in [0, 0.05) is 0 Å². The Balaban J connectivity index is 1.92. The molecule has 5 nitrogen and oxygen atoms in total. The number of hydrogen-bond donors (Lipinski definition) is 0. The first-order valence-electron chi connectivity index (χ1n) is 7.60. The molecule has 1 aromatic heterocycles. The summed E-state index contributed by atoms with van der Waals surface area (Å²) in [6, 6.07) is 12.0. The number of hydrogen-bond acceptors (Lipinski definition) is 3. The van der Waals surface area contributed by atoms with E-state index in [1.54, 1.807) is 4.90 Å². The van der Waals surface area contributed by atoms with Crippen molar-refractivity contribution in [1.82, 2.24) is 14.7 Å². The van der Waals surface area contributed by atoms with Gasteiger partial charge >= 0.3 is 6.09 Å². The average molecular weight is 378 g/mol. The lowest BCUT2D eigenvalue weighted by Gasteiger charge is -2.35. The van der Waals surface area contributed by atoms with Crippen molar-refractivity contribution in [3.63, 3.8) is 0 Å². The van der Waals surface area contributed by atoms with Crippen LogP contribution in [0.4, 0.5) is 4.79 Å². The lowest BCUT2D eigenvalue weighted by Crippen LogP contribution is -2.44. The summed E-state index contributed by atoms with van der Waals surface area (Å²) < 4.78 is 8.29. The van der Waals surface area contributed by atoms with Gasteiger partial charge in [-0.25, -0.2) is 4.79 Å². The Morgan fingerprint density at radius 2 is 2.00 bits per heavy atom. The SMILES string of the molecule is CC(C)(C)OC(=O)N1Cc2cc(Br)nn2C(c2ccccc2)C1. The van der Waals surface area contributed by atoms with E-state index >= 15 is 0 Å². The second-order valence-corrected chi connectivity index (χ2v) is 7.50. The Kier molecular flexibility index (Phi) is 4.19. The second kappa shape index (κ2) is 6.00. The van der Waals surface area contributed by atoms with Crippen molar-refractivity contribution in [2.24, 2.45) is 0 Å². The molecule has 0 fully saturated rings. The smallest absolute Gasteiger partial charge is 0.410 e. The average Bonchev–Trinajstić information content (AvgIpc) is 2.85. The number of carbonyl (C=O) groups excluding carboxylic acids is 1. The minimum atomic E-state index is -0.502. The van der Waals surface area contributed by atoms with E-state index in [2.05, 4.69) is 33.2 Å². The van der Waals surface area contributed by atoms with Gasteiger partial charge in [-0.05, 0) is 48.3 Å². The molecule has 2 heterocycles. The van der Waals surface area contributed by atoms with Gasteiger partial charge < -0.3 is 4.74 Å². The molecule has 1 aromatic carbocycles. The zero-order valence-corrected chi connectivity index (χ0v) is 15.1. The topological polar surface area (TPSA) is 47.4 Å². The lowest BCUT2D eigenvalue weighted by molar-refractivity contribution is 0.0175. The standard InChI is InChI=1S/C17H20BrN3O2/c1-17(2,3)23-16(22)20-10-13-9-15(18)19-21(13)14(11-20)12-7-5-4-6-8-12/h4-9,14H,10-11H2,1-3H3. The Morgan fingerprint density at radius 1 is 1.30 bits per heavy atom. The van der Waals surface area contributed by atoms with Gasteiger partial charge in [-0.2, -0.15) is 5.10 Å². The maximum absolute atomic E-state index is 12.5. The molecule has 0 N–H and O–H groups in total. The third-order valence-electron chi connectivity index (χ3n) is 3.66. The number of ether oxygens (including phenoxy) is 1. The maximum atomic E-state index is 12.5. The first-order chi connectivity index (χ1) is 10.8. The summed E-state index contributed by atoms with van der Waals surface area (Å²) in [7, 11) is 0. The molecule has 1 aliphatic rings. The predicted molar refractivity (Wildman–Crippen MR) is 91.2 cm³/mol. The van der Waals surface area contributed by atoms with Crippen molar-refractivity contribution >= 4 is 22.0 Å². The maximum Gasteiger partial charge on any atom is 0.410 e. The summed E-state index contributed by atoms with van der Waals surface area (Å²) >= 11 is 3.43. The summed E-state index contributed by atoms with van der Waals surface area (Å²) in [5.74, 6) is 0. The van der Waals surface area contributed by atoms with E-state index in [1.165, 1.54) is 0 Å². The molecule has 0 saturated carbocycles. The van der Waals surface area contributed by atoms with Crippen LogP contribution in [0, 0.1) is 0 Å². The highest BCUT2D eigenvalue weighted by molar-refractivity contribution is 9.10. The number of benzene rings is 1. The molecule has 0 spiro atoms. The molecule has 2 aromatic rings. The summed E-state index contributed by atoms with van der Waals surface area (Å²) in [6.07, 6.45) is -0.290. The van der Waals surface area contributed by atoms with Gasteiger partial charge in [0.15, 0.2) is 0 Å². The first-order valence-corrected chi connectivity index (χ1v) is 8.39. The number of aromatic nitrogens is 2. The van der Waals surface area contributed by atoms with E-state index in [9.17, 15) is 4.79 Å². The Labute approximate surface area is 144 Å². The highest BCUT2D eigenvalue weighted by atomic mass is 79.9. The van der Waals surface area contributed by atoms with E-state index in [4.69, 9.17) is 4.74 Å². The van der Waals surface area contributed by atoms with Crippen molar-refractivity contribution in [3.05, 3.63) is 52.3 Å². The Bertz CT molecular complexity index is 706. The monoisotopic (exact) mass is 377 g/mol. The minimum Gasteiger partial charge on any atom is -0.444 e. The summed E-state index contributed by atoms with van der Waals surface area (Å²) in [5, 5.41) is 4.53. The van der Waals surface area contributed by atoms with Crippen LogP contribution in [0.1, 0.15) is 38.1 Å². The third kappa shape index (κ3) is 3.58. The number of rotatable bonds is 1. The zero-order chi connectivity index (χ0) is 16.6. The lowest BCUT2D eigenvalue weighted by atomic mass is 10.0. The van der Waals surface area contributed by atoms with Gasteiger partial charge in [0.2, 0.25) is 0 Å². The van der Waals surface area contributed by atoms with Gasteiger partial charge in [-0.15, -0.1) is 0 Å². The molecule has 0 aliphatic carbocycles. The molecule has 1 amide bonds. The Hall–Kier alpha value is -1.82. The molecule has 1 aliphatic heterocycles. The van der Waals surface area contributed by atoms with Gasteiger partial charge in [0.05, 0.1) is 24.8 Å². The normalized spacial score (nSPS) is 17.7. The van der Waals surface area contributed by atoms with Gasteiger partial charge in [-0.3, -0.25) is 9.58 Å². The van der Waals surface area contributed by atoms with Crippen LogP contribution >= 0.6 is 15.9 Å². The number of carbonyl (C=O) groups is 1. The largest absolute Gasteiger partial charge is 0.444 e. The van der Waals surface area contributed by atoms with Crippen LogP contribution in [0.5, 0.6) is 0 Å². The highest BCUT2D eigenvalue weighted by Gasteiger charge is 2.32. The van der Waals surface area contributed by atoms with Gasteiger partial charge in [0.25, 0.3) is 0 Å². The van der Waals surface area contributed by atoms with Crippen LogP contribution in [0.15, 0.2) is 41.0 Å². The van der Waals surface area contributed by atoms with Crippen molar-refractivity contribution in [3.8, 4) is 0 Å².